The van der Waals surface area contributed by atoms with Crippen LogP contribution in [0.5, 0.6) is 0 Å². The van der Waals surface area contributed by atoms with Gasteiger partial charge >= 0.3 is 24.3 Å². The Morgan fingerprint density at radius 3 is 0.800 bits per heavy atom. The van der Waals surface area contributed by atoms with Crippen molar-refractivity contribution in [2.24, 2.45) is 0 Å². The van der Waals surface area contributed by atoms with Crippen LogP contribution in [-0.2, 0) is 24.3 Å². The van der Waals surface area contributed by atoms with Gasteiger partial charge in [-0.15, -0.1) is 0 Å². The van der Waals surface area contributed by atoms with Gasteiger partial charge in [0.2, 0.25) is 0 Å². The van der Waals surface area contributed by atoms with E-state index >= 15 is 0 Å². The zero-order valence-electron chi connectivity index (χ0n) is 2.08. The van der Waals surface area contributed by atoms with E-state index in [2.05, 4.69) is 0 Å². The van der Waals surface area contributed by atoms with Gasteiger partial charge in [-0.05, 0) is 0 Å². The summed E-state index contributed by atoms with van der Waals surface area (Å²) >= 11 is 0.500. The van der Waals surface area contributed by atoms with Crippen LogP contribution in [0, 0.1) is 0 Å². The number of hydrogen-bond acceptors (Lipinski definition) is 1. The third kappa shape index (κ3) is 216. The van der Waals surface area contributed by atoms with E-state index in [0.717, 1.165) is 0 Å². The van der Waals surface area contributed by atoms with Gasteiger partial charge in [0.1, 0.15) is 0 Å². The maximum atomic E-state index is 8.30. The summed E-state index contributed by atoms with van der Waals surface area (Å²) in [5, 5.41) is 0. The molecule has 0 N–H and O–H groups in total. The minimum atomic E-state index is 0. The average molecular weight is 169 g/mol. The number of hydrogen-bond donors (Lipinski definition) is 0. The molecule has 0 aliphatic rings. The Balaban J connectivity index is -0.00000000167. The van der Waals surface area contributed by atoms with Crippen LogP contribution in [0.4, 0.5) is 14.1 Å². The third-order valence-electron chi connectivity index (χ3n) is 0. The van der Waals surface area contributed by atoms with Gasteiger partial charge in [-0.25, -0.2) is 0 Å². The molecule has 0 aromatic rings. The van der Waals surface area contributed by atoms with Crippen LogP contribution >= 0.6 is 0 Å². The minimum absolute atomic E-state index is 0. The molecule has 0 saturated heterocycles. The molecule has 0 bridgehead atoms. The summed E-state index contributed by atoms with van der Waals surface area (Å²) in [4.78, 5) is 0. The second kappa shape index (κ2) is 440. The van der Waals surface area contributed by atoms with Gasteiger partial charge in [-0.3, -0.25) is 14.1 Å². The quantitative estimate of drug-likeness (QED) is 0.477. The fourth-order valence-corrected chi connectivity index (χ4v) is 0. The number of rotatable bonds is 0. The first-order valence-corrected chi connectivity index (χ1v) is 1.08. The summed E-state index contributed by atoms with van der Waals surface area (Å²) in [6, 6.07) is 0. The van der Waals surface area contributed by atoms with Crippen LogP contribution in [0.2, 0.25) is 0 Å². The van der Waals surface area contributed by atoms with Crippen LogP contribution < -0.4 is 0 Å². The Morgan fingerprint density at radius 1 is 0.800 bits per heavy atom. The van der Waals surface area contributed by atoms with E-state index in [9.17, 15) is 0 Å². The van der Waals surface area contributed by atoms with E-state index in [4.69, 9.17) is 3.25 Å². The van der Waals surface area contributed by atoms with Crippen LogP contribution in [-0.4, -0.2) is 0 Å². The van der Waals surface area contributed by atoms with E-state index in [0.29, 0.717) is 21.0 Å². The van der Waals surface area contributed by atoms with Crippen molar-refractivity contribution in [1.29, 1.82) is 0 Å². The van der Waals surface area contributed by atoms with Crippen molar-refractivity contribution >= 4 is 0 Å². The van der Waals surface area contributed by atoms with Gasteiger partial charge in [0, 0.05) is 0 Å². The molecule has 0 aliphatic heterocycles. The maximum absolute atomic E-state index is 8.30. The molecule has 0 heterocycles. The average Bonchev–Trinajstić information content (AvgIpc) is 1.00. The van der Waals surface area contributed by atoms with E-state index in [1.165, 1.54) is 0 Å². The molecule has 5 heteroatoms. The van der Waals surface area contributed by atoms with E-state index < -0.39 is 0 Å². The van der Waals surface area contributed by atoms with Crippen molar-refractivity contribution in [2.75, 3.05) is 0 Å². The van der Waals surface area contributed by atoms with Gasteiger partial charge < -0.3 is 0 Å². The monoisotopic (exact) mass is 169 g/mol. The molecule has 35 valence electrons. The molecule has 0 saturated carbocycles. The zero-order valence-corrected chi connectivity index (χ0v) is 4.28. The van der Waals surface area contributed by atoms with Crippen molar-refractivity contribution in [3.63, 3.8) is 0 Å². The third-order valence-corrected chi connectivity index (χ3v) is 0. The summed E-state index contributed by atoms with van der Waals surface area (Å²) in [5.74, 6) is 0. The molecule has 0 spiro atoms. The van der Waals surface area contributed by atoms with Gasteiger partial charge in [0.15, 0.2) is 0 Å². The molecule has 1 nitrogen and oxygen atoms in total. The van der Waals surface area contributed by atoms with Crippen molar-refractivity contribution < 1.29 is 38.4 Å². The molecule has 0 aromatic carbocycles. The molecule has 0 atom stereocenters. The van der Waals surface area contributed by atoms with Gasteiger partial charge in [-0.1, -0.05) is 0 Å². The van der Waals surface area contributed by atoms with Crippen molar-refractivity contribution in [2.45, 2.75) is 0 Å². The first-order valence-electron chi connectivity index (χ1n) is 0.183. The van der Waals surface area contributed by atoms with Crippen LogP contribution in [0.25, 0.3) is 0 Å². The standard InChI is InChI=1S/3FH.Nb.O/h3*1H;;. The number of halogens is 3. The van der Waals surface area contributed by atoms with Crippen molar-refractivity contribution in [3.05, 3.63) is 0 Å². The Bertz CT molecular complexity index is 6.85. The zero-order chi connectivity index (χ0) is 2.00. The van der Waals surface area contributed by atoms with E-state index in [-0.39, 0.29) is 14.1 Å². The molecule has 0 amide bonds. The van der Waals surface area contributed by atoms with Crippen LogP contribution in [0.3, 0.4) is 0 Å². The molecule has 0 unspecified atom stereocenters. The molecule has 0 rings (SSSR count). The fraction of sp³-hybridized carbons (Fsp3) is 0. The molecular formula is H3F3NbO. The molecular weight excluding hydrogens is 166 g/mol. The Hall–Kier alpha value is 0.330. The second-order valence-corrected chi connectivity index (χ2v) is 0. The summed E-state index contributed by atoms with van der Waals surface area (Å²) in [5.41, 5.74) is 0. The summed E-state index contributed by atoms with van der Waals surface area (Å²) < 4.78 is 8.30. The SMILES string of the molecule is F.F.F.[O]=[Nb]. The molecule has 0 fully saturated rings. The molecule has 5 heavy (non-hydrogen) atoms. The summed E-state index contributed by atoms with van der Waals surface area (Å²) in [6.45, 7) is 0. The van der Waals surface area contributed by atoms with Crippen molar-refractivity contribution in [3.8, 4) is 0 Å². The predicted octanol–water partition coefficient (Wildman–Crippen LogP) is 0.336. The molecule has 0 aliphatic carbocycles. The summed E-state index contributed by atoms with van der Waals surface area (Å²) in [6.07, 6.45) is 0. The van der Waals surface area contributed by atoms with Gasteiger partial charge in [0.25, 0.3) is 0 Å². The molecule has 0 radical (unpaired) electrons. The topological polar surface area (TPSA) is 17.1 Å². The second-order valence-electron chi connectivity index (χ2n) is 0. The van der Waals surface area contributed by atoms with Gasteiger partial charge in [-0.2, -0.15) is 0 Å². The normalized spacial score (nSPS) is 0.600. The van der Waals surface area contributed by atoms with Crippen LogP contribution in [0.15, 0.2) is 0 Å². The Kier molecular flexibility index (Phi) is 4970. The fourth-order valence-electron chi connectivity index (χ4n) is 0. The van der Waals surface area contributed by atoms with Crippen molar-refractivity contribution in [1.82, 2.24) is 0 Å². The van der Waals surface area contributed by atoms with E-state index in [1.54, 1.807) is 0 Å². The van der Waals surface area contributed by atoms with E-state index in [1.807, 2.05) is 0 Å². The van der Waals surface area contributed by atoms with Crippen LogP contribution in [0.1, 0.15) is 0 Å². The first kappa shape index (κ1) is 56.5. The Labute approximate surface area is 39.1 Å². The first-order chi connectivity index (χ1) is 1.00. The predicted molar refractivity (Wildman–Crippen MR) is 8.20 cm³/mol. The summed E-state index contributed by atoms with van der Waals surface area (Å²) in [7, 11) is 0. The Morgan fingerprint density at radius 2 is 0.800 bits per heavy atom. The molecule has 0 aromatic heterocycles. The van der Waals surface area contributed by atoms with Gasteiger partial charge in [0.05, 0.1) is 0 Å².